The summed E-state index contributed by atoms with van der Waals surface area (Å²) < 4.78 is 2.73. The van der Waals surface area contributed by atoms with E-state index in [1.807, 2.05) is 29.7 Å². The number of carbonyl (C=O) groups is 1. The van der Waals surface area contributed by atoms with E-state index in [9.17, 15) is 4.79 Å². The molecule has 0 aliphatic heterocycles. The topological polar surface area (TPSA) is 62.2 Å². The normalized spacial score (nSPS) is 10.8. The first-order chi connectivity index (χ1) is 9.15. The number of nitrogens with one attached hydrogen (secondary N) is 2. The zero-order chi connectivity index (χ0) is 13.4. The SMILES string of the molecule is Cc1c(Br)nc2ccc(NC(=O)c3ccc[nH]3)cn12. The van der Waals surface area contributed by atoms with Gasteiger partial charge in [-0.05, 0) is 47.1 Å². The number of pyridine rings is 1. The maximum Gasteiger partial charge on any atom is 0.272 e. The van der Waals surface area contributed by atoms with Crippen LogP contribution < -0.4 is 5.32 Å². The van der Waals surface area contributed by atoms with Gasteiger partial charge in [-0.25, -0.2) is 4.98 Å². The lowest BCUT2D eigenvalue weighted by Crippen LogP contribution is -2.12. The molecule has 0 unspecified atom stereocenters. The molecule has 0 aromatic carbocycles. The number of hydrogen-bond acceptors (Lipinski definition) is 2. The predicted molar refractivity (Wildman–Crippen MR) is 76.4 cm³/mol. The van der Waals surface area contributed by atoms with Crippen molar-refractivity contribution < 1.29 is 4.79 Å². The highest BCUT2D eigenvalue weighted by molar-refractivity contribution is 9.10. The molecule has 6 heteroatoms. The largest absolute Gasteiger partial charge is 0.357 e. The molecule has 5 nitrogen and oxygen atoms in total. The number of nitrogens with zero attached hydrogens (tertiary/aromatic N) is 2. The average molecular weight is 319 g/mol. The van der Waals surface area contributed by atoms with Crippen LogP contribution in [-0.2, 0) is 0 Å². The van der Waals surface area contributed by atoms with Crippen molar-refractivity contribution in [3.8, 4) is 0 Å². The third-order valence-corrected chi connectivity index (χ3v) is 3.65. The molecule has 3 aromatic heterocycles. The standard InChI is InChI=1S/C13H11BrN4O/c1-8-12(14)17-11-5-4-9(7-18(8)11)16-13(19)10-3-2-6-15-10/h2-7,15H,1H3,(H,16,19). The number of hydrogen-bond donors (Lipinski definition) is 2. The summed E-state index contributed by atoms with van der Waals surface area (Å²) >= 11 is 3.39. The summed E-state index contributed by atoms with van der Waals surface area (Å²) in [6.07, 6.45) is 3.57. The number of fused-ring (bicyclic) bond motifs is 1. The van der Waals surface area contributed by atoms with E-state index in [4.69, 9.17) is 0 Å². The van der Waals surface area contributed by atoms with Gasteiger partial charge in [-0.15, -0.1) is 0 Å². The summed E-state index contributed by atoms with van der Waals surface area (Å²) in [6, 6.07) is 7.21. The highest BCUT2D eigenvalue weighted by atomic mass is 79.9. The molecule has 0 saturated heterocycles. The second-order valence-electron chi connectivity index (χ2n) is 4.17. The molecular weight excluding hydrogens is 308 g/mol. The van der Waals surface area contributed by atoms with Crippen molar-refractivity contribution in [3.05, 3.63) is 52.7 Å². The number of rotatable bonds is 2. The average Bonchev–Trinajstić information content (AvgIpc) is 3.01. The number of aromatic amines is 1. The van der Waals surface area contributed by atoms with Crippen molar-refractivity contribution in [1.82, 2.24) is 14.4 Å². The van der Waals surface area contributed by atoms with Gasteiger partial charge in [0.05, 0.1) is 11.4 Å². The van der Waals surface area contributed by atoms with Crippen molar-refractivity contribution in [2.45, 2.75) is 6.92 Å². The van der Waals surface area contributed by atoms with Crippen LogP contribution >= 0.6 is 15.9 Å². The van der Waals surface area contributed by atoms with Crippen molar-refractivity contribution in [2.75, 3.05) is 5.32 Å². The minimum absolute atomic E-state index is 0.166. The van der Waals surface area contributed by atoms with E-state index in [1.54, 1.807) is 18.3 Å². The summed E-state index contributed by atoms with van der Waals surface area (Å²) in [6.45, 7) is 1.96. The minimum Gasteiger partial charge on any atom is -0.357 e. The van der Waals surface area contributed by atoms with Gasteiger partial charge in [0.25, 0.3) is 5.91 Å². The fourth-order valence-electron chi connectivity index (χ4n) is 1.88. The van der Waals surface area contributed by atoms with Gasteiger partial charge in [-0.1, -0.05) is 0 Å². The molecule has 96 valence electrons. The van der Waals surface area contributed by atoms with Gasteiger partial charge in [0.2, 0.25) is 0 Å². The lowest BCUT2D eigenvalue weighted by Gasteiger charge is -2.05. The molecule has 0 atom stereocenters. The maximum atomic E-state index is 11.9. The van der Waals surface area contributed by atoms with Crippen LogP contribution in [0.5, 0.6) is 0 Å². The molecule has 3 aromatic rings. The highest BCUT2D eigenvalue weighted by Crippen LogP contribution is 2.19. The summed E-state index contributed by atoms with van der Waals surface area (Å²) in [7, 11) is 0. The van der Waals surface area contributed by atoms with E-state index in [1.165, 1.54) is 0 Å². The van der Waals surface area contributed by atoms with E-state index < -0.39 is 0 Å². The number of anilines is 1. The molecule has 2 N–H and O–H groups in total. The number of aromatic nitrogens is 3. The van der Waals surface area contributed by atoms with Gasteiger partial charge in [0, 0.05) is 12.4 Å². The van der Waals surface area contributed by atoms with Gasteiger partial charge in [-0.3, -0.25) is 4.79 Å². The molecule has 19 heavy (non-hydrogen) atoms. The molecule has 3 rings (SSSR count). The van der Waals surface area contributed by atoms with Gasteiger partial charge in [-0.2, -0.15) is 0 Å². The van der Waals surface area contributed by atoms with Crippen molar-refractivity contribution in [3.63, 3.8) is 0 Å². The molecule has 0 bridgehead atoms. The van der Waals surface area contributed by atoms with E-state index in [0.717, 1.165) is 21.6 Å². The smallest absolute Gasteiger partial charge is 0.272 e. The monoisotopic (exact) mass is 318 g/mol. The fraction of sp³-hybridized carbons (Fsp3) is 0.0769. The lowest BCUT2D eigenvalue weighted by molar-refractivity contribution is 0.102. The Labute approximate surface area is 117 Å². The van der Waals surface area contributed by atoms with Crippen LogP contribution in [0.25, 0.3) is 5.65 Å². The Balaban J connectivity index is 1.93. The summed E-state index contributed by atoms with van der Waals surface area (Å²) in [5.74, 6) is -0.166. The van der Waals surface area contributed by atoms with Gasteiger partial charge in [0.1, 0.15) is 15.9 Å². The number of H-pyrrole nitrogens is 1. The van der Waals surface area contributed by atoms with Crippen LogP contribution in [0.15, 0.2) is 41.3 Å². The van der Waals surface area contributed by atoms with Crippen LogP contribution in [0.2, 0.25) is 0 Å². The Kier molecular flexibility index (Phi) is 2.87. The third kappa shape index (κ3) is 2.15. The molecule has 0 aliphatic rings. The number of carbonyl (C=O) groups excluding carboxylic acids is 1. The van der Waals surface area contributed by atoms with Gasteiger partial charge < -0.3 is 14.7 Å². The fourth-order valence-corrected chi connectivity index (χ4v) is 2.25. The van der Waals surface area contributed by atoms with E-state index in [0.29, 0.717) is 5.69 Å². The summed E-state index contributed by atoms with van der Waals surface area (Å²) in [4.78, 5) is 19.1. The van der Waals surface area contributed by atoms with Crippen LogP contribution in [0, 0.1) is 6.92 Å². The number of amides is 1. The maximum absolute atomic E-state index is 11.9. The first-order valence-corrected chi connectivity index (χ1v) is 6.53. The first kappa shape index (κ1) is 12.0. The van der Waals surface area contributed by atoms with Crippen molar-refractivity contribution in [2.24, 2.45) is 0 Å². The number of halogens is 1. The van der Waals surface area contributed by atoms with Gasteiger partial charge >= 0.3 is 0 Å². The Morgan fingerprint density at radius 1 is 1.42 bits per heavy atom. The molecule has 0 radical (unpaired) electrons. The highest BCUT2D eigenvalue weighted by Gasteiger charge is 2.09. The Morgan fingerprint density at radius 2 is 2.26 bits per heavy atom. The summed E-state index contributed by atoms with van der Waals surface area (Å²) in [5, 5.41) is 2.84. The zero-order valence-electron chi connectivity index (χ0n) is 10.1. The van der Waals surface area contributed by atoms with E-state index in [2.05, 4.69) is 31.2 Å². The number of imidazole rings is 1. The molecular formula is C13H11BrN4O. The van der Waals surface area contributed by atoms with E-state index >= 15 is 0 Å². The molecule has 0 spiro atoms. The molecule has 0 saturated carbocycles. The first-order valence-electron chi connectivity index (χ1n) is 5.74. The Bertz CT molecular complexity index is 745. The second kappa shape index (κ2) is 4.55. The quantitative estimate of drug-likeness (QED) is 0.763. The van der Waals surface area contributed by atoms with Crippen LogP contribution in [-0.4, -0.2) is 20.3 Å². The van der Waals surface area contributed by atoms with Crippen LogP contribution in [0.1, 0.15) is 16.2 Å². The van der Waals surface area contributed by atoms with Crippen molar-refractivity contribution >= 4 is 33.2 Å². The van der Waals surface area contributed by atoms with Crippen LogP contribution in [0.4, 0.5) is 5.69 Å². The van der Waals surface area contributed by atoms with E-state index in [-0.39, 0.29) is 5.91 Å². The third-order valence-electron chi connectivity index (χ3n) is 2.90. The zero-order valence-corrected chi connectivity index (χ0v) is 11.7. The number of aryl methyl sites for hydroxylation is 1. The van der Waals surface area contributed by atoms with Crippen LogP contribution in [0.3, 0.4) is 0 Å². The summed E-state index contributed by atoms with van der Waals surface area (Å²) in [5.41, 5.74) is 3.08. The molecule has 0 fully saturated rings. The molecule has 1 amide bonds. The Hall–Kier alpha value is -2.08. The minimum atomic E-state index is -0.166. The molecule has 3 heterocycles. The predicted octanol–water partition coefficient (Wildman–Crippen LogP) is 2.99. The second-order valence-corrected chi connectivity index (χ2v) is 4.92. The molecule has 0 aliphatic carbocycles. The van der Waals surface area contributed by atoms with Gasteiger partial charge in [0.15, 0.2) is 0 Å². The Morgan fingerprint density at radius 3 is 3.00 bits per heavy atom. The lowest BCUT2D eigenvalue weighted by atomic mass is 10.3. The van der Waals surface area contributed by atoms with Crippen molar-refractivity contribution in [1.29, 1.82) is 0 Å².